The molecule has 19 heavy (non-hydrogen) atoms. The van der Waals surface area contributed by atoms with Gasteiger partial charge in [-0.15, -0.1) is 11.3 Å². The molecule has 0 amide bonds. The third-order valence-electron chi connectivity index (χ3n) is 2.73. The van der Waals surface area contributed by atoms with Gasteiger partial charge in [0.2, 0.25) is 5.58 Å². The highest BCUT2D eigenvalue weighted by Crippen LogP contribution is 2.36. The number of carbonyl (C=O) groups is 1. The molecule has 6 heteroatoms. The Kier molecular flexibility index (Phi) is 2.72. The zero-order chi connectivity index (χ0) is 13.4. The number of nitrogens with zero attached hydrogens (tertiary/aromatic N) is 1. The van der Waals surface area contributed by atoms with Crippen molar-refractivity contribution in [1.82, 2.24) is 5.16 Å². The number of fused-ring (bicyclic) bond motifs is 1. The molecular weight excluding hydrogens is 266 g/mol. The number of hydrogen-bond acceptors (Lipinski definition) is 5. The van der Waals surface area contributed by atoms with Crippen LogP contribution in [-0.2, 0) is 0 Å². The minimum Gasteiger partial charge on any atom is -0.493 e. The fraction of sp³-hybridized carbons (Fsp3) is 0.0769. The van der Waals surface area contributed by atoms with Gasteiger partial charge in [-0.1, -0.05) is 11.2 Å². The second kappa shape index (κ2) is 4.40. The smallest absolute Gasteiger partial charge is 0.345 e. The number of ether oxygens (including phenoxy) is 1. The Hall–Kier alpha value is -2.34. The summed E-state index contributed by atoms with van der Waals surface area (Å²) in [6.07, 6.45) is 0. The molecule has 0 aliphatic carbocycles. The zero-order valence-corrected chi connectivity index (χ0v) is 10.7. The van der Waals surface area contributed by atoms with Gasteiger partial charge < -0.3 is 14.4 Å². The van der Waals surface area contributed by atoms with Gasteiger partial charge >= 0.3 is 5.97 Å². The Morgan fingerprint density at radius 3 is 2.89 bits per heavy atom. The molecule has 2 aromatic heterocycles. The molecule has 0 atom stereocenters. The van der Waals surface area contributed by atoms with Crippen LogP contribution in [0.1, 0.15) is 9.67 Å². The molecule has 3 aromatic rings. The standard InChI is InChI=1S/C13H9NO4S/c1-17-8-4-2-3-7-11(14-18-12(7)8)9-5-6-10(19-9)13(15)16/h2-6H,1H3,(H,15,16). The van der Waals surface area contributed by atoms with E-state index in [0.717, 1.165) is 21.6 Å². The van der Waals surface area contributed by atoms with Crippen LogP contribution in [0.3, 0.4) is 0 Å². The molecule has 0 saturated carbocycles. The lowest BCUT2D eigenvalue weighted by atomic mass is 10.2. The van der Waals surface area contributed by atoms with Crippen molar-refractivity contribution in [2.75, 3.05) is 7.11 Å². The predicted molar refractivity (Wildman–Crippen MR) is 70.8 cm³/mol. The van der Waals surface area contributed by atoms with E-state index < -0.39 is 5.97 Å². The Balaban J connectivity index is 2.17. The van der Waals surface area contributed by atoms with Crippen molar-refractivity contribution in [3.8, 4) is 16.3 Å². The molecule has 0 aliphatic rings. The summed E-state index contributed by atoms with van der Waals surface area (Å²) in [5.41, 5.74) is 1.19. The SMILES string of the molecule is COc1cccc2c(-c3ccc(C(=O)O)s3)noc12. The maximum atomic E-state index is 10.9. The molecule has 0 unspecified atom stereocenters. The second-order valence-corrected chi connectivity index (χ2v) is 4.92. The molecule has 0 spiro atoms. The van der Waals surface area contributed by atoms with Crippen LogP contribution >= 0.6 is 11.3 Å². The summed E-state index contributed by atoms with van der Waals surface area (Å²) < 4.78 is 10.5. The molecule has 3 rings (SSSR count). The van der Waals surface area contributed by atoms with E-state index in [-0.39, 0.29) is 4.88 Å². The quantitative estimate of drug-likeness (QED) is 0.794. The number of aromatic nitrogens is 1. The average molecular weight is 275 g/mol. The van der Waals surface area contributed by atoms with Crippen molar-refractivity contribution in [3.05, 3.63) is 35.2 Å². The van der Waals surface area contributed by atoms with Crippen LogP contribution < -0.4 is 4.74 Å². The lowest BCUT2D eigenvalue weighted by Crippen LogP contribution is -1.89. The summed E-state index contributed by atoms with van der Waals surface area (Å²) in [6.45, 7) is 0. The summed E-state index contributed by atoms with van der Waals surface area (Å²) in [7, 11) is 1.56. The zero-order valence-electron chi connectivity index (χ0n) is 9.91. The lowest BCUT2D eigenvalue weighted by Gasteiger charge is -1.97. The highest BCUT2D eigenvalue weighted by atomic mass is 32.1. The maximum absolute atomic E-state index is 10.9. The maximum Gasteiger partial charge on any atom is 0.345 e. The molecule has 0 fully saturated rings. The fourth-order valence-electron chi connectivity index (χ4n) is 1.86. The lowest BCUT2D eigenvalue weighted by molar-refractivity contribution is 0.0702. The first-order chi connectivity index (χ1) is 9.20. The van der Waals surface area contributed by atoms with Gasteiger partial charge in [0.05, 0.1) is 17.4 Å². The van der Waals surface area contributed by atoms with Crippen molar-refractivity contribution in [1.29, 1.82) is 0 Å². The van der Waals surface area contributed by atoms with Crippen molar-refractivity contribution in [2.45, 2.75) is 0 Å². The van der Waals surface area contributed by atoms with Crippen LogP contribution in [0.25, 0.3) is 21.5 Å². The molecule has 1 N–H and O–H groups in total. The van der Waals surface area contributed by atoms with Gasteiger partial charge in [-0.2, -0.15) is 0 Å². The molecule has 1 aromatic carbocycles. The van der Waals surface area contributed by atoms with E-state index in [1.807, 2.05) is 12.1 Å². The van der Waals surface area contributed by atoms with E-state index in [9.17, 15) is 4.79 Å². The number of benzene rings is 1. The van der Waals surface area contributed by atoms with Crippen LogP contribution in [0.5, 0.6) is 5.75 Å². The minimum atomic E-state index is -0.943. The predicted octanol–water partition coefficient (Wildman–Crippen LogP) is 3.26. The molecule has 0 saturated heterocycles. The first kappa shape index (κ1) is 11.7. The van der Waals surface area contributed by atoms with Crippen molar-refractivity contribution >= 4 is 28.3 Å². The number of carboxylic acids is 1. The highest BCUT2D eigenvalue weighted by Gasteiger charge is 2.16. The van der Waals surface area contributed by atoms with Gasteiger partial charge in [-0.3, -0.25) is 0 Å². The number of hydrogen-bond donors (Lipinski definition) is 1. The third kappa shape index (κ3) is 1.86. The summed E-state index contributed by atoms with van der Waals surface area (Å²) in [4.78, 5) is 11.9. The molecule has 5 nitrogen and oxygen atoms in total. The number of thiophene rings is 1. The van der Waals surface area contributed by atoms with Gasteiger partial charge in [0.15, 0.2) is 5.75 Å². The topological polar surface area (TPSA) is 72.6 Å². The number of methoxy groups -OCH3 is 1. The fourth-order valence-corrected chi connectivity index (χ4v) is 2.70. The Morgan fingerprint density at radius 1 is 1.37 bits per heavy atom. The van der Waals surface area contributed by atoms with Gasteiger partial charge in [0, 0.05) is 0 Å². The number of carboxylic acid groups (broad SMARTS) is 1. The number of aromatic carboxylic acids is 1. The molecular formula is C13H9NO4S. The molecule has 0 bridgehead atoms. The van der Waals surface area contributed by atoms with E-state index >= 15 is 0 Å². The normalized spacial score (nSPS) is 10.8. The molecule has 2 heterocycles. The van der Waals surface area contributed by atoms with Crippen LogP contribution in [0, 0.1) is 0 Å². The molecule has 0 aliphatic heterocycles. The summed E-state index contributed by atoms with van der Waals surface area (Å²) in [6, 6.07) is 8.78. The van der Waals surface area contributed by atoms with Gasteiger partial charge in [0.1, 0.15) is 10.6 Å². The third-order valence-corrected chi connectivity index (χ3v) is 3.81. The monoisotopic (exact) mass is 275 g/mol. The summed E-state index contributed by atoms with van der Waals surface area (Å²) in [5, 5.41) is 13.8. The first-order valence-corrected chi connectivity index (χ1v) is 6.28. The first-order valence-electron chi connectivity index (χ1n) is 5.46. The highest BCUT2D eigenvalue weighted by molar-refractivity contribution is 7.17. The van der Waals surface area contributed by atoms with Crippen molar-refractivity contribution in [3.63, 3.8) is 0 Å². The second-order valence-electron chi connectivity index (χ2n) is 3.84. The van der Waals surface area contributed by atoms with E-state index in [4.69, 9.17) is 14.4 Å². The van der Waals surface area contributed by atoms with E-state index in [1.54, 1.807) is 25.3 Å². The van der Waals surface area contributed by atoms with Crippen molar-refractivity contribution in [2.24, 2.45) is 0 Å². The minimum absolute atomic E-state index is 0.272. The van der Waals surface area contributed by atoms with Gasteiger partial charge in [0.25, 0.3) is 0 Å². The van der Waals surface area contributed by atoms with Crippen LogP contribution in [0.15, 0.2) is 34.9 Å². The van der Waals surface area contributed by atoms with E-state index in [0.29, 0.717) is 17.0 Å². The van der Waals surface area contributed by atoms with Crippen LogP contribution in [-0.4, -0.2) is 23.3 Å². The van der Waals surface area contributed by atoms with Crippen molar-refractivity contribution < 1.29 is 19.2 Å². The number of para-hydroxylation sites is 1. The van der Waals surface area contributed by atoms with Gasteiger partial charge in [-0.25, -0.2) is 4.79 Å². The Morgan fingerprint density at radius 2 is 2.21 bits per heavy atom. The summed E-state index contributed by atoms with van der Waals surface area (Å²) in [5.74, 6) is -0.340. The van der Waals surface area contributed by atoms with Gasteiger partial charge in [-0.05, 0) is 24.3 Å². The average Bonchev–Trinajstić information content (AvgIpc) is 3.04. The number of rotatable bonds is 3. The molecule has 96 valence electrons. The summed E-state index contributed by atoms with van der Waals surface area (Å²) >= 11 is 1.16. The van der Waals surface area contributed by atoms with E-state index in [2.05, 4.69) is 5.16 Å². The molecule has 0 radical (unpaired) electrons. The van der Waals surface area contributed by atoms with E-state index in [1.165, 1.54) is 0 Å². The van der Waals surface area contributed by atoms with Crippen LogP contribution in [0.2, 0.25) is 0 Å². The Bertz CT molecular complexity index is 759. The largest absolute Gasteiger partial charge is 0.493 e. The Labute approximate surface area is 112 Å². The van der Waals surface area contributed by atoms with Crippen LogP contribution in [0.4, 0.5) is 0 Å².